The number of thiazole rings is 1. The summed E-state index contributed by atoms with van der Waals surface area (Å²) in [6.45, 7) is 4.58. The van der Waals surface area contributed by atoms with Crippen LogP contribution in [0, 0.1) is 6.92 Å². The normalized spacial score (nSPS) is 12.4. The predicted molar refractivity (Wildman–Crippen MR) is 79.7 cm³/mol. The molecular formula is C14H19N3OS. The van der Waals surface area contributed by atoms with Crippen LogP contribution in [0.25, 0.3) is 0 Å². The van der Waals surface area contributed by atoms with E-state index in [2.05, 4.69) is 15.3 Å². The van der Waals surface area contributed by atoms with Crippen LogP contribution in [-0.2, 0) is 6.54 Å². The summed E-state index contributed by atoms with van der Waals surface area (Å²) in [7, 11) is 1.98. The van der Waals surface area contributed by atoms with Gasteiger partial charge in [-0.3, -0.25) is 0 Å². The van der Waals surface area contributed by atoms with Gasteiger partial charge in [-0.05, 0) is 19.9 Å². The van der Waals surface area contributed by atoms with E-state index < -0.39 is 0 Å². The van der Waals surface area contributed by atoms with Gasteiger partial charge in [0.25, 0.3) is 0 Å². The van der Waals surface area contributed by atoms with E-state index in [0.717, 1.165) is 28.5 Å². The Kier molecular flexibility index (Phi) is 4.07. The van der Waals surface area contributed by atoms with Crippen molar-refractivity contribution in [1.29, 1.82) is 0 Å². The lowest BCUT2D eigenvalue weighted by Gasteiger charge is -2.19. The van der Waals surface area contributed by atoms with Gasteiger partial charge < -0.3 is 15.7 Å². The van der Waals surface area contributed by atoms with E-state index in [9.17, 15) is 5.11 Å². The molecule has 1 atom stereocenters. The highest BCUT2D eigenvalue weighted by Crippen LogP contribution is 2.28. The summed E-state index contributed by atoms with van der Waals surface area (Å²) >= 11 is 1.65. The first kappa shape index (κ1) is 13.8. The lowest BCUT2D eigenvalue weighted by molar-refractivity contribution is 0.464. The fraction of sp³-hybridized carbons (Fsp3) is 0.357. The van der Waals surface area contributed by atoms with Crippen LogP contribution in [0.4, 0.5) is 5.69 Å². The molecular weight excluding hydrogens is 258 g/mol. The van der Waals surface area contributed by atoms with Gasteiger partial charge in [-0.1, -0.05) is 6.07 Å². The van der Waals surface area contributed by atoms with E-state index in [1.165, 1.54) is 0 Å². The topological polar surface area (TPSA) is 62.4 Å². The van der Waals surface area contributed by atoms with Gasteiger partial charge in [0.1, 0.15) is 5.75 Å². The monoisotopic (exact) mass is 277 g/mol. The molecule has 0 bridgehead atoms. The first-order valence-electron chi connectivity index (χ1n) is 6.18. The van der Waals surface area contributed by atoms with Gasteiger partial charge in [-0.2, -0.15) is 0 Å². The van der Waals surface area contributed by atoms with Crippen molar-refractivity contribution in [2.24, 2.45) is 5.73 Å². The Morgan fingerprint density at radius 2 is 2.21 bits per heavy atom. The smallest absolute Gasteiger partial charge is 0.122 e. The third kappa shape index (κ3) is 3.24. The van der Waals surface area contributed by atoms with Crippen molar-refractivity contribution in [1.82, 2.24) is 4.98 Å². The van der Waals surface area contributed by atoms with E-state index >= 15 is 0 Å². The second-order valence-corrected chi connectivity index (χ2v) is 5.81. The number of nitrogens with two attached hydrogens (primary N) is 1. The molecule has 19 heavy (non-hydrogen) atoms. The average Bonchev–Trinajstić information content (AvgIpc) is 2.74. The third-order valence-electron chi connectivity index (χ3n) is 3.01. The number of rotatable bonds is 4. The van der Waals surface area contributed by atoms with Crippen molar-refractivity contribution in [3.8, 4) is 5.75 Å². The molecule has 0 spiro atoms. The Morgan fingerprint density at radius 3 is 2.74 bits per heavy atom. The third-order valence-corrected chi connectivity index (χ3v) is 3.83. The molecule has 2 rings (SSSR count). The zero-order valence-electron chi connectivity index (χ0n) is 11.4. The number of anilines is 1. The predicted octanol–water partition coefficient (Wildman–Crippen LogP) is 2.81. The maximum atomic E-state index is 9.96. The number of phenols is 1. The van der Waals surface area contributed by atoms with Crippen LogP contribution in [0.2, 0.25) is 0 Å². The minimum atomic E-state index is -0.166. The van der Waals surface area contributed by atoms with Crippen LogP contribution < -0.4 is 10.6 Å². The molecule has 1 aromatic heterocycles. The quantitative estimate of drug-likeness (QED) is 0.902. The number of aromatic hydroxyl groups is 1. The second-order valence-electron chi connectivity index (χ2n) is 4.75. The van der Waals surface area contributed by atoms with Crippen molar-refractivity contribution in [2.75, 3.05) is 11.9 Å². The van der Waals surface area contributed by atoms with Gasteiger partial charge in [0.15, 0.2) is 0 Å². The number of nitrogens with zero attached hydrogens (tertiary/aromatic N) is 2. The van der Waals surface area contributed by atoms with E-state index in [-0.39, 0.29) is 11.8 Å². The van der Waals surface area contributed by atoms with Crippen LogP contribution in [0.1, 0.15) is 29.2 Å². The Labute approximate surface area is 117 Å². The molecule has 1 unspecified atom stereocenters. The standard InChI is InChI=1S/C14H19N3OS/c1-9(15)13-5-4-12(6-14(13)18)17(3)7-11-8-19-10(2)16-11/h4-6,8-9,18H,7,15H2,1-3H3. The molecule has 5 heteroatoms. The zero-order chi connectivity index (χ0) is 14.0. The number of aryl methyl sites for hydroxylation is 1. The molecule has 0 radical (unpaired) electrons. The van der Waals surface area contributed by atoms with Crippen LogP contribution in [-0.4, -0.2) is 17.1 Å². The largest absolute Gasteiger partial charge is 0.508 e. The number of hydrogen-bond acceptors (Lipinski definition) is 5. The molecule has 0 aliphatic carbocycles. The van der Waals surface area contributed by atoms with Crippen molar-refractivity contribution in [3.05, 3.63) is 39.8 Å². The van der Waals surface area contributed by atoms with E-state index in [4.69, 9.17) is 5.73 Å². The van der Waals surface area contributed by atoms with Crippen LogP contribution in [0.5, 0.6) is 5.75 Å². The Hall–Kier alpha value is -1.59. The van der Waals surface area contributed by atoms with Crippen molar-refractivity contribution < 1.29 is 5.11 Å². The maximum Gasteiger partial charge on any atom is 0.122 e. The molecule has 0 amide bonds. The molecule has 1 heterocycles. The SMILES string of the molecule is Cc1nc(CN(C)c2ccc(C(C)N)c(O)c2)cs1. The van der Waals surface area contributed by atoms with Gasteiger partial charge in [0.05, 0.1) is 17.2 Å². The minimum absolute atomic E-state index is 0.166. The molecule has 3 N–H and O–H groups in total. The minimum Gasteiger partial charge on any atom is -0.508 e. The highest BCUT2D eigenvalue weighted by molar-refractivity contribution is 7.09. The molecule has 4 nitrogen and oxygen atoms in total. The second kappa shape index (κ2) is 5.59. The van der Waals surface area contributed by atoms with E-state index in [1.54, 1.807) is 17.4 Å². The Bertz CT molecular complexity index is 566. The zero-order valence-corrected chi connectivity index (χ0v) is 12.2. The van der Waals surface area contributed by atoms with Gasteiger partial charge in [-0.25, -0.2) is 4.98 Å². The Morgan fingerprint density at radius 1 is 1.47 bits per heavy atom. The first-order valence-corrected chi connectivity index (χ1v) is 7.06. The summed E-state index contributed by atoms with van der Waals surface area (Å²) in [5, 5.41) is 13.1. The number of aromatic nitrogens is 1. The summed E-state index contributed by atoms with van der Waals surface area (Å²) in [5.74, 6) is 0.244. The highest BCUT2D eigenvalue weighted by Gasteiger charge is 2.10. The molecule has 0 saturated heterocycles. The van der Waals surface area contributed by atoms with Crippen molar-refractivity contribution in [3.63, 3.8) is 0 Å². The molecule has 0 fully saturated rings. The van der Waals surface area contributed by atoms with Crippen molar-refractivity contribution in [2.45, 2.75) is 26.4 Å². The van der Waals surface area contributed by atoms with Crippen LogP contribution in [0.15, 0.2) is 23.6 Å². The van der Waals surface area contributed by atoms with Crippen LogP contribution >= 0.6 is 11.3 Å². The average molecular weight is 277 g/mol. The fourth-order valence-corrected chi connectivity index (χ4v) is 2.57. The lowest BCUT2D eigenvalue weighted by atomic mass is 10.1. The van der Waals surface area contributed by atoms with Crippen molar-refractivity contribution >= 4 is 17.0 Å². The highest BCUT2D eigenvalue weighted by atomic mass is 32.1. The van der Waals surface area contributed by atoms with Gasteiger partial charge in [-0.15, -0.1) is 11.3 Å². The number of benzene rings is 1. The molecule has 2 aromatic rings. The summed E-state index contributed by atoms with van der Waals surface area (Å²) in [6, 6.07) is 5.42. The summed E-state index contributed by atoms with van der Waals surface area (Å²) in [5.41, 5.74) is 8.54. The fourth-order valence-electron chi connectivity index (χ4n) is 1.97. The van der Waals surface area contributed by atoms with Gasteiger partial charge in [0.2, 0.25) is 0 Å². The van der Waals surface area contributed by atoms with E-state index in [1.807, 2.05) is 33.0 Å². The summed E-state index contributed by atoms with van der Waals surface area (Å²) < 4.78 is 0. The molecule has 0 aliphatic rings. The summed E-state index contributed by atoms with van der Waals surface area (Å²) in [4.78, 5) is 6.49. The molecule has 1 aromatic carbocycles. The maximum absolute atomic E-state index is 9.96. The number of phenolic OH excluding ortho intramolecular Hbond substituents is 1. The first-order chi connectivity index (χ1) is 8.97. The van der Waals surface area contributed by atoms with Crippen LogP contribution in [0.3, 0.4) is 0 Å². The number of hydrogen-bond donors (Lipinski definition) is 2. The van der Waals surface area contributed by atoms with Gasteiger partial charge in [0, 0.05) is 35.8 Å². The van der Waals surface area contributed by atoms with E-state index in [0.29, 0.717) is 0 Å². The lowest BCUT2D eigenvalue weighted by Crippen LogP contribution is -2.17. The Balaban J connectivity index is 2.15. The summed E-state index contributed by atoms with van der Waals surface area (Å²) in [6.07, 6.45) is 0. The van der Waals surface area contributed by atoms with Gasteiger partial charge >= 0.3 is 0 Å². The molecule has 0 saturated carbocycles. The molecule has 0 aliphatic heterocycles. The molecule has 102 valence electrons.